The Bertz CT molecular complexity index is 1290. The van der Waals surface area contributed by atoms with E-state index < -0.39 is 23.5 Å². The van der Waals surface area contributed by atoms with Gasteiger partial charge in [0.25, 0.3) is 11.8 Å². The molecule has 1 aromatic carbocycles. The number of carbonyl (C=O) groups excluding carboxylic acids is 2. The van der Waals surface area contributed by atoms with Crippen molar-refractivity contribution < 1.29 is 22.8 Å². The third-order valence-electron chi connectivity index (χ3n) is 6.11. The molecule has 1 aromatic heterocycles. The number of nitrogens with zero attached hydrogens (tertiary/aromatic N) is 2. The van der Waals surface area contributed by atoms with Crippen molar-refractivity contribution in [1.29, 1.82) is 0 Å². The topological polar surface area (TPSA) is 109 Å². The first-order valence-corrected chi connectivity index (χ1v) is 12.5. The van der Waals surface area contributed by atoms with Crippen LogP contribution in [0.3, 0.4) is 0 Å². The zero-order valence-electron chi connectivity index (χ0n) is 19.0. The minimum Gasteiger partial charge on any atom is -0.395 e. The van der Waals surface area contributed by atoms with Crippen molar-refractivity contribution in [3.63, 3.8) is 0 Å². The number of aliphatic imine (C=N–C) groups is 1. The highest BCUT2D eigenvalue weighted by Crippen LogP contribution is 2.53. The lowest BCUT2D eigenvalue weighted by molar-refractivity contribution is -0.110. The number of hydrogen-bond donors (Lipinski definition) is 3. The van der Waals surface area contributed by atoms with Gasteiger partial charge in [0.05, 0.1) is 16.3 Å². The highest BCUT2D eigenvalue weighted by molar-refractivity contribution is 14.1. The Kier molecular flexibility index (Phi) is 7.33. The van der Waals surface area contributed by atoms with Crippen LogP contribution >= 0.6 is 34.2 Å². The number of carbonyl (C=O) groups is 2. The molecule has 2 aliphatic carbocycles. The summed E-state index contributed by atoms with van der Waals surface area (Å²) in [6.07, 6.45) is 0.787. The lowest BCUT2D eigenvalue weighted by atomic mass is 10.0. The summed E-state index contributed by atoms with van der Waals surface area (Å²) in [5.41, 5.74) is 3.70. The Morgan fingerprint density at radius 2 is 2.00 bits per heavy atom. The van der Waals surface area contributed by atoms with Gasteiger partial charge in [-0.1, -0.05) is 11.6 Å². The number of anilines is 1. The van der Waals surface area contributed by atoms with Gasteiger partial charge in [-0.15, -0.1) is 0 Å². The minimum atomic E-state index is -4.89. The predicted molar refractivity (Wildman–Crippen MR) is 139 cm³/mol. The number of allylic oxidation sites excluding steroid dienone is 1. The summed E-state index contributed by atoms with van der Waals surface area (Å²) in [5, 5.41) is 5.70. The molecule has 0 radical (unpaired) electrons. The first-order chi connectivity index (χ1) is 16.9. The van der Waals surface area contributed by atoms with Crippen LogP contribution in [0.2, 0.25) is 5.02 Å². The molecule has 0 spiro atoms. The molecule has 0 aliphatic heterocycles. The molecule has 4 N–H and O–H groups in total. The fourth-order valence-corrected chi connectivity index (χ4v) is 4.86. The van der Waals surface area contributed by atoms with Crippen LogP contribution in [0.4, 0.5) is 24.7 Å². The maximum atomic E-state index is 13.2. The standard InChI is InChI=1S/C24H22ClF3IN5O2/c1-12-9-14(29)10-15(21(35)34-23(6-7-23)13-4-5-13)19(12)33-22(36)17(11-18(30)24(26,27)28)32-20-16(25)3-2-8-31-20/h2-3,8-11,13H,4-7,30H2,1H3,(H,33,36)(H,34,35). The number of nitrogens with two attached hydrogens (primary N) is 1. The molecular weight excluding hydrogens is 610 g/mol. The van der Waals surface area contributed by atoms with E-state index >= 15 is 0 Å². The van der Waals surface area contributed by atoms with E-state index in [9.17, 15) is 22.8 Å². The van der Waals surface area contributed by atoms with Gasteiger partial charge >= 0.3 is 6.18 Å². The summed E-state index contributed by atoms with van der Waals surface area (Å²) in [7, 11) is 0. The molecule has 2 aromatic rings. The molecule has 190 valence electrons. The molecule has 1 heterocycles. The Balaban J connectivity index is 1.69. The summed E-state index contributed by atoms with van der Waals surface area (Å²) in [4.78, 5) is 34.3. The highest BCUT2D eigenvalue weighted by Gasteiger charge is 2.55. The quantitative estimate of drug-likeness (QED) is 0.280. The third-order valence-corrected chi connectivity index (χ3v) is 7.03. The number of halogens is 5. The number of amides is 2. The molecule has 0 unspecified atom stereocenters. The second-order valence-electron chi connectivity index (χ2n) is 8.89. The van der Waals surface area contributed by atoms with Crippen molar-refractivity contribution in [2.45, 2.75) is 44.3 Å². The molecule has 7 nitrogen and oxygen atoms in total. The zero-order chi connectivity index (χ0) is 26.3. The maximum Gasteiger partial charge on any atom is 0.430 e. The number of pyridine rings is 1. The highest BCUT2D eigenvalue weighted by atomic mass is 127. The van der Waals surface area contributed by atoms with E-state index in [0.717, 1.165) is 29.3 Å². The summed E-state index contributed by atoms with van der Waals surface area (Å²) in [6, 6.07) is 6.30. The summed E-state index contributed by atoms with van der Waals surface area (Å²) >= 11 is 8.10. The number of benzene rings is 1. The van der Waals surface area contributed by atoms with Gasteiger partial charge in [0.15, 0.2) is 5.82 Å². The number of alkyl halides is 3. The fourth-order valence-electron chi connectivity index (χ4n) is 3.92. The maximum absolute atomic E-state index is 13.2. The van der Waals surface area contributed by atoms with Gasteiger partial charge in [-0.3, -0.25) is 9.59 Å². The minimum absolute atomic E-state index is 0.0297. The van der Waals surface area contributed by atoms with Crippen LogP contribution in [0.25, 0.3) is 0 Å². The van der Waals surface area contributed by atoms with E-state index in [1.54, 1.807) is 19.1 Å². The van der Waals surface area contributed by atoms with E-state index in [0.29, 0.717) is 17.6 Å². The Labute approximate surface area is 223 Å². The first kappa shape index (κ1) is 26.4. The normalized spacial score (nSPS) is 17.5. The number of aryl methyl sites for hydroxylation is 1. The van der Waals surface area contributed by atoms with Crippen LogP contribution in [-0.4, -0.2) is 34.2 Å². The molecule has 12 heteroatoms. The molecule has 2 amide bonds. The molecule has 2 saturated carbocycles. The van der Waals surface area contributed by atoms with Crippen LogP contribution in [0.5, 0.6) is 0 Å². The molecule has 0 saturated heterocycles. The molecule has 2 fully saturated rings. The van der Waals surface area contributed by atoms with Crippen LogP contribution in [0.15, 0.2) is 47.2 Å². The smallest absolute Gasteiger partial charge is 0.395 e. The number of nitrogens with one attached hydrogen (secondary N) is 2. The molecule has 2 aliphatic rings. The molecular formula is C24H22ClF3IN5O2. The van der Waals surface area contributed by atoms with Crippen LogP contribution in [0, 0.1) is 16.4 Å². The van der Waals surface area contributed by atoms with Crippen molar-refractivity contribution >= 4 is 63.2 Å². The van der Waals surface area contributed by atoms with E-state index in [1.165, 1.54) is 18.3 Å². The zero-order valence-corrected chi connectivity index (χ0v) is 22.0. The van der Waals surface area contributed by atoms with Gasteiger partial charge in [-0.2, -0.15) is 13.2 Å². The average Bonchev–Trinajstić information content (AvgIpc) is 3.70. The van der Waals surface area contributed by atoms with Gasteiger partial charge in [-0.05, 0) is 97.0 Å². The van der Waals surface area contributed by atoms with Crippen LogP contribution in [0.1, 0.15) is 41.6 Å². The number of hydrogen-bond acceptors (Lipinski definition) is 5. The number of rotatable bonds is 7. The predicted octanol–water partition coefficient (Wildman–Crippen LogP) is 5.44. The lowest BCUT2D eigenvalue weighted by Gasteiger charge is -2.20. The van der Waals surface area contributed by atoms with Gasteiger partial charge in [0, 0.05) is 15.3 Å². The van der Waals surface area contributed by atoms with Crippen molar-refractivity contribution in [2.24, 2.45) is 16.6 Å². The number of aromatic nitrogens is 1. The monoisotopic (exact) mass is 631 g/mol. The lowest BCUT2D eigenvalue weighted by Crippen LogP contribution is -2.39. The van der Waals surface area contributed by atoms with Gasteiger partial charge in [0.2, 0.25) is 0 Å². The Hall–Kier alpha value is -2.67. The van der Waals surface area contributed by atoms with Gasteiger partial charge < -0.3 is 16.4 Å². The fraction of sp³-hybridized carbons (Fsp3) is 0.333. The second kappa shape index (κ2) is 10.0. The van der Waals surface area contributed by atoms with E-state index in [1.807, 2.05) is 0 Å². The molecule has 36 heavy (non-hydrogen) atoms. The van der Waals surface area contributed by atoms with Crippen molar-refractivity contribution in [3.8, 4) is 0 Å². The van der Waals surface area contributed by atoms with Crippen molar-refractivity contribution in [3.05, 3.63) is 62.0 Å². The Morgan fingerprint density at radius 1 is 1.31 bits per heavy atom. The molecule has 0 bridgehead atoms. The van der Waals surface area contributed by atoms with Crippen molar-refractivity contribution in [1.82, 2.24) is 10.3 Å². The van der Waals surface area contributed by atoms with E-state index in [2.05, 4.69) is 43.2 Å². The molecule has 0 atom stereocenters. The summed E-state index contributed by atoms with van der Waals surface area (Å²) in [5.74, 6) is -1.06. The third kappa shape index (κ3) is 6.00. The molecule has 4 rings (SSSR count). The summed E-state index contributed by atoms with van der Waals surface area (Å²) < 4.78 is 40.2. The van der Waals surface area contributed by atoms with Crippen LogP contribution in [-0.2, 0) is 4.79 Å². The van der Waals surface area contributed by atoms with Crippen LogP contribution < -0.4 is 16.4 Å². The second-order valence-corrected chi connectivity index (χ2v) is 10.5. The van der Waals surface area contributed by atoms with E-state index in [-0.39, 0.29) is 33.5 Å². The first-order valence-electron chi connectivity index (χ1n) is 11.1. The largest absolute Gasteiger partial charge is 0.430 e. The van der Waals surface area contributed by atoms with Gasteiger partial charge in [-0.25, -0.2) is 9.98 Å². The van der Waals surface area contributed by atoms with E-state index in [4.69, 9.17) is 17.3 Å². The van der Waals surface area contributed by atoms with Gasteiger partial charge in [0.1, 0.15) is 11.4 Å². The summed E-state index contributed by atoms with van der Waals surface area (Å²) in [6.45, 7) is 1.69. The SMILES string of the molecule is Cc1cc(I)cc(C(=O)NC2(C3CC3)CC2)c1NC(=O)C(C=C(N)C(F)(F)F)=Nc1ncccc1Cl. The van der Waals surface area contributed by atoms with Crippen molar-refractivity contribution in [2.75, 3.05) is 5.32 Å². The average molecular weight is 632 g/mol. The Morgan fingerprint density at radius 3 is 2.58 bits per heavy atom.